The molecule has 0 unspecified atom stereocenters. The number of pyridine rings is 1. The van der Waals surface area contributed by atoms with Crippen LogP contribution in [0.5, 0.6) is 5.75 Å². The highest BCUT2D eigenvalue weighted by molar-refractivity contribution is 5.89. The number of nitrogens with zero attached hydrogens (tertiary/aromatic N) is 2. The van der Waals surface area contributed by atoms with Crippen LogP contribution in [0.15, 0.2) is 66.9 Å². The first kappa shape index (κ1) is 13.1. The lowest BCUT2D eigenvalue weighted by molar-refractivity contribution is 0.209. The fourth-order valence-electron chi connectivity index (χ4n) is 2.04. The molecule has 0 atom stereocenters. The molecule has 2 aromatic carbocycles. The zero-order valence-electron chi connectivity index (χ0n) is 11.6. The summed E-state index contributed by atoms with van der Waals surface area (Å²) < 4.78 is 5.39. The van der Waals surface area contributed by atoms with Crippen molar-refractivity contribution in [3.63, 3.8) is 0 Å². The third-order valence-electron chi connectivity index (χ3n) is 3.20. The number of carbonyl (C=O) groups excluding carboxylic acids is 1. The van der Waals surface area contributed by atoms with E-state index in [2.05, 4.69) is 4.98 Å². The highest BCUT2D eigenvalue weighted by Crippen LogP contribution is 2.20. The fraction of sp³-hybridized carbons (Fsp3) is 0.0588. The van der Waals surface area contributed by atoms with Gasteiger partial charge in [0.1, 0.15) is 5.75 Å². The maximum atomic E-state index is 12.1. The number of ether oxygens (including phenoxy) is 1. The van der Waals surface area contributed by atoms with Crippen molar-refractivity contribution in [2.45, 2.75) is 0 Å². The second-order valence-corrected chi connectivity index (χ2v) is 4.62. The molecule has 1 heterocycles. The molecular formula is C17H14N2O2. The lowest BCUT2D eigenvalue weighted by atomic mass is 10.2. The van der Waals surface area contributed by atoms with Gasteiger partial charge in [-0.1, -0.05) is 24.3 Å². The quantitative estimate of drug-likeness (QED) is 0.714. The molecule has 0 N–H and O–H groups in total. The van der Waals surface area contributed by atoms with Crippen LogP contribution in [-0.2, 0) is 0 Å². The molecule has 0 spiro atoms. The summed E-state index contributed by atoms with van der Waals surface area (Å²) in [5.41, 5.74) is 1.58. The van der Waals surface area contributed by atoms with Crippen molar-refractivity contribution in [2.75, 3.05) is 11.9 Å². The van der Waals surface area contributed by atoms with E-state index in [9.17, 15) is 4.79 Å². The number of carbonyl (C=O) groups is 1. The van der Waals surface area contributed by atoms with Gasteiger partial charge in [-0.05, 0) is 30.3 Å². The minimum atomic E-state index is -0.434. The number of aromatic nitrogens is 1. The van der Waals surface area contributed by atoms with Crippen molar-refractivity contribution in [1.82, 2.24) is 4.98 Å². The van der Waals surface area contributed by atoms with Gasteiger partial charge in [-0.3, -0.25) is 9.88 Å². The van der Waals surface area contributed by atoms with Crippen LogP contribution in [0.2, 0.25) is 0 Å². The summed E-state index contributed by atoms with van der Waals surface area (Å²) in [6.07, 6.45) is 1.28. The van der Waals surface area contributed by atoms with Gasteiger partial charge in [0.25, 0.3) is 0 Å². The van der Waals surface area contributed by atoms with Crippen LogP contribution in [-0.4, -0.2) is 18.1 Å². The van der Waals surface area contributed by atoms with E-state index in [0.717, 1.165) is 16.6 Å². The maximum Gasteiger partial charge on any atom is 0.419 e. The lowest BCUT2D eigenvalue weighted by Gasteiger charge is -2.16. The number of benzene rings is 2. The maximum absolute atomic E-state index is 12.1. The second-order valence-electron chi connectivity index (χ2n) is 4.62. The molecule has 0 saturated carbocycles. The number of para-hydroxylation sites is 1. The predicted molar refractivity (Wildman–Crippen MR) is 82.6 cm³/mol. The number of rotatable bonds is 2. The van der Waals surface area contributed by atoms with Crippen molar-refractivity contribution in [1.29, 1.82) is 0 Å². The first-order valence-electron chi connectivity index (χ1n) is 6.59. The van der Waals surface area contributed by atoms with Gasteiger partial charge in [0.05, 0.1) is 5.52 Å². The van der Waals surface area contributed by atoms with Gasteiger partial charge in [-0.2, -0.15) is 0 Å². The Morgan fingerprint density at radius 2 is 1.86 bits per heavy atom. The van der Waals surface area contributed by atoms with E-state index in [1.165, 1.54) is 4.90 Å². The minimum absolute atomic E-state index is 0.434. The summed E-state index contributed by atoms with van der Waals surface area (Å²) in [7, 11) is 1.68. The Morgan fingerprint density at radius 3 is 2.67 bits per heavy atom. The van der Waals surface area contributed by atoms with Crippen LogP contribution in [0.25, 0.3) is 10.9 Å². The Labute approximate surface area is 122 Å². The zero-order valence-corrected chi connectivity index (χ0v) is 11.6. The summed E-state index contributed by atoms with van der Waals surface area (Å²) in [6.45, 7) is 0. The number of hydrogen-bond donors (Lipinski definition) is 0. The van der Waals surface area contributed by atoms with E-state index >= 15 is 0 Å². The molecule has 3 rings (SSSR count). The van der Waals surface area contributed by atoms with E-state index < -0.39 is 6.09 Å². The Kier molecular flexibility index (Phi) is 3.51. The molecule has 1 aromatic heterocycles. The summed E-state index contributed by atoms with van der Waals surface area (Å²) in [5.74, 6) is 0.481. The molecule has 4 heteroatoms. The smallest absolute Gasteiger partial charge is 0.410 e. The summed E-state index contributed by atoms with van der Waals surface area (Å²) in [6, 6.07) is 18.6. The first-order chi connectivity index (χ1) is 10.2. The van der Waals surface area contributed by atoms with Crippen molar-refractivity contribution < 1.29 is 9.53 Å². The van der Waals surface area contributed by atoms with Gasteiger partial charge in [0.15, 0.2) is 0 Å². The van der Waals surface area contributed by atoms with E-state index in [1.807, 2.05) is 48.5 Å². The van der Waals surface area contributed by atoms with Gasteiger partial charge >= 0.3 is 6.09 Å². The van der Waals surface area contributed by atoms with E-state index in [4.69, 9.17) is 4.74 Å². The molecule has 0 aliphatic rings. The molecule has 0 radical (unpaired) electrons. The molecule has 104 valence electrons. The SMILES string of the molecule is CN(C(=O)Oc1ccc2cccnc2c1)c1ccccc1. The molecule has 0 bridgehead atoms. The molecule has 0 saturated heterocycles. The van der Waals surface area contributed by atoms with Crippen LogP contribution >= 0.6 is 0 Å². The van der Waals surface area contributed by atoms with Crippen LogP contribution in [0.1, 0.15) is 0 Å². The second kappa shape index (κ2) is 5.63. The molecule has 1 amide bonds. The number of anilines is 1. The van der Waals surface area contributed by atoms with Crippen LogP contribution in [0.4, 0.5) is 10.5 Å². The van der Waals surface area contributed by atoms with Crippen LogP contribution in [0.3, 0.4) is 0 Å². The Hall–Kier alpha value is -2.88. The lowest BCUT2D eigenvalue weighted by Crippen LogP contribution is -2.29. The Bertz CT molecular complexity index is 772. The van der Waals surface area contributed by atoms with Gasteiger partial charge in [0, 0.05) is 30.4 Å². The van der Waals surface area contributed by atoms with Crippen molar-refractivity contribution >= 4 is 22.7 Å². The van der Waals surface area contributed by atoms with Crippen LogP contribution < -0.4 is 9.64 Å². The first-order valence-corrected chi connectivity index (χ1v) is 6.59. The van der Waals surface area contributed by atoms with Crippen molar-refractivity contribution in [3.8, 4) is 5.75 Å². The molecule has 21 heavy (non-hydrogen) atoms. The predicted octanol–water partition coefficient (Wildman–Crippen LogP) is 3.87. The van der Waals surface area contributed by atoms with Crippen molar-refractivity contribution in [3.05, 3.63) is 66.9 Å². The molecule has 0 fully saturated rings. The largest absolute Gasteiger partial charge is 0.419 e. The Balaban J connectivity index is 1.80. The van der Waals surface area contributed by atoms with Gasteiger partial charge < -0.3 is 4.74 Å². The summed E-state index contributed by atoms with van der Waals surface area (Å²) in [4.78, 5) is 17.8. The third-order valence-corrected chi connectivity index (χ3v) is 3.20. The van der Waals surface area contributed by atoms with E-state index in [-0.39, 0.29) is 0 Å². The van der Waals surface area contributed by atoms with E-state index in [0.29, 0.717) is 5.75 Å². The van der Waals surface area contributed by atoms with E-state index in [1.54, 1.807) is 25.4 Å². The third kappa shape index (κ3) is 2.84. The molecule has 0 aliphatic carbocycles. The molecule has 4 nitrogen and oxygen atoms in total. The van der Waals surface area contributed by atoms with Crippen LogP contribution in [0, 0.1) is 0 Å². The molecular weight excluding hydrogens is 264 g/mol. The Morgan fingerprint density at radius 1 is 1.05 bits per heavy atom. The molecule has 0 aliphatic heterocycles. The normalized spacial score (nSPS) is 10.3. The van der Waals surface area contributed by atoms with Gasteiger partial charge in [-0.15, -0.1) is 0 Å². The highest BCUT2D eigenvalue weighted by atomic mass is 16.6. The number of amides is 1. The summed E-state index contributed by atoms with van der Waals surface area (Å²) >= 11 is 0. The average Bonchev–Trinajstić information content (AvgIpc) is 2.55. The molecule has 3 aromatic rings. The van der Waals surface area contributed by atoms with Gasteiger partial charge in [0.2, 0.25) is 0 Å². The zero-order chi connectivity index (χ0) is 14.7. The topological polar surface area (TPSA) is 42.4 Å². The average molecular weight is 278 g/mol. The number of fused-ring (bicyclic) bond motifs is 1. The minimum Gasteiger partial charge on any atom is -0.410 e. The summed E-state index contributed by atoms with van der Waals surface area (Å²) in [5, 5.41) is 1.01. The van der Waals surface area contributed by atoms with Crippen molar-refractivity contribution in [2.24, 2.45) is 0 Å². The monoisotopic (exact) mass is 278 g/mol. The fourth-order valence-corrected chi connectivity index (χ4v) is 2.04. The number of hydrogen-bond acceptors (Lipinski definition) is 3. The van der Waals surface area contributed by atoms with Gasteiger partial charge in [-0.25, -0.2) is 4.79 Å². The standard InChI is InChI=1S/C17H14N2O2/c1-19(14-7-3-2-4-8-14)17(20)21-15-10-9-13-6-5-11-18-16(13)12-15/h2-12H,1H3. The highest BCUT2D eigenvalue weighted by Gasteiger charge is 2.13.